The normalized spacial score (nSPS) is 10.3. The van der Waals surface area contributed by atoms with Crippen molar-refractivity contribution >= 4 is 11.8 Å². The number of carbonyl (C=O) groups is 2. The van der Waals surface area contributed by atoms with E-state index < -0.39 is 23.9 Å². The minimum atomic E-state index is -3.15. The summed E-state index contributed by atoms with van der Waals surface area (Å²) >= 11 is 0. The Hall–Kier alpha value is -1.72. The van der Waals surface area contributed by atoms with Gasteiger partial charge >= 0.3 is 12.4 Å². The van der Waals surface area contributed by atoms with Crippen LogP contribution in [0.25, 0.3) is 0 Å². The van der Waals surface area contributed by atoms with E-state index in [1.54, 1.807) is 0 Å². The van der Waals surface area contributed by atoms with Gasteiger partial charge in [0.15, 0.2) is 5.76 Å². The molecular weight excluding hydrogens is 198 g/mol. The van der Waals surface area contributed by atoms with Gasteiger partial charge in [-0.05, 0) is 12.1 Å². The molecule has 0 N–H and O–H groups in total. The van der Waals surface area contributed by atoms with E-state index in [9.17, 15) is 18.4 Å². The molecule has 1 heterocycles. The lowest BCUT2D eigenvalue weighted by molar-refractivity contribution is 0.0552. The van der Waals surface area contributed by atoms with Crippen LogP contribution in [0.4, 0.5) is 8.78 Å². The van der Waals surface area contributed by atoms with E-state index in [1.165, 1.54) is 0 Å². The Morgan fingerprint density at radius 3 is 2.43 bits per heavy atom. The van der Waals surface area contributed by atoms with E-state index in [0.717, 1.165) is 19.2 Å². The van der Waals surface area contributed by atoms with Crippen molar-refractivity contribution < 1.29 is 27.5 Å². The number of hydrogen-bond donors (Lipinski definition) is 0. The molecule has 6 heteroatoms. The topological polar surface area (TPSA) is 56.5 Å². The predicted octanol–water partition coefficient (Wildman–Crippen LogP) is 1.51. The standard InChI is InChI=1S/C8H6F2O4/c1-13-8(12)5-3-2-4(14-5)6(11)7(9)10/h2-3,7H,1H3. The molecule has 0 unspecified atom stereocenters. The molecule has 0 aliphatic heterocycles. The molecule has 0 bridgehead atoms. The third kappa shape index (κ3) is 1.95. The van der Waals surface area contributed by atoms with Crippen LogP contribution in [0.3, 0.4) is 0 Å². The first-order valence-electron chi connectivity index (χ1n) is 3.56. The van der Waals surface area contributed by atoms with E-state index >= 15 is 0 Å². The molecule has 0 aliphatic rings. The minimum Gasteiger partial charge on any atom is -0.463 e. The highest BCUT2D eigenvalue weighted by Gasteiger charge is 2.23. The van der Waals surface area contributed by atoms with Gasteiger partial charge in [-0.1, -0.05) is 0 Å². The Morgan fingerprint density at radius 2 is 1.93 bits per heavy atom. The Morgan fingerprint density at radius 1 is 1.36 bits per heavy atom. The number of carbonyl (C=O) groups excluding carboxylic acids is 2. The zero-order valence-corrected chi connectivity index (χ0v) is 7.12. The first-order chi connectivity index (χ1) is 6.56. The molecule has 4 nitrogen and oxygen atoms in total. The average Bonchev–Trinajstić information content (AvgIpc) is 2.64. The number of esters is 1. The van der Waals surface area contributed by atoms with Crippen LogP contribution >= 0.6 is 0 Å². The molecule has 76 valence electrons. The number of furan rings is 1. The van der Waals surface area contributed by atoms with Gasteiger partial charge in [0.05, 0.1) is 7.11 Å². The van der Waals surface area contributed by atoms with Crippen molar-refractivity contribution in [3.63, 3.8) is 0 Å². The van der Waals surface area contributed by atoms with Crippen LogP contribution in [0.2, 0.25) is 0 Å². The lowest BCUT2D eigenvalue weighted by Gasteiger charge is -1.94. The van der Waals surface area contributed by atoms with Gasteiger partial charge in [0.25, 0.3) is 5.78 Å². The van der Waals surface area contributed by atoms with Crippen LogP contribution in [0.5, 0.6) is 0 Å². The zero-order chi connectivity index (χ0) is 10.7. The number of rotatable bonds is 3. The van der Waals surface area contributed by atoms with E-state index in [1.807, 2.05) is 0 Å². The van der Waals surface area contributed by atoms with Gasteiger partial charge in [0.2, 0.25) is 5.76 Å². The highest BCUT2D eigenvalue weighted by molar-refractivity contribution is 5.97. The third-order valence-electron chi connectivity index (χ3n) is 1.43. The van der Waals surface area contributed by atoms with Crippen LogP contribution in [0.1, 0.15) is 21.1 Å². The summed E-state index contributed by atoms with van der Waals surface area (Å²) in [5.41, 5.74) is 0. The molecule has 0 aromatic carbocycles. The summed E-state index contributed by atoms with van der Waals surface area (Å²) in [7, 11) is 1.11. The van der Waals surface area contributed by atoms with Gasteiger partial charge in [-0.15, -0.1) is 0 Å². The van der Waals surface area contributed by atoms with Crippen molar-refractivity contribution in [1.29, 1.82) is 0 Å². The highest BCUT2D eigenvalue weighted by atomic mass is 19.3. The molecule has 0 amide bonds. The van der Waals surface area contributed by atoms with Gasteiger partial charge in [-0.3, -0.25) is 4.79 Å². The van der Waals surface area contributed by atoms with Crippen LogP contribution in [0.15, 0.2) is 16.5 Å². The van der Waals surface area contributed by atoms with E-state index in [-0.39, 0.29) is 5.76 Å². The largest absolute Gasteiger partial charge is 0.463 e. The number of methoxy groups -OCH3 is 1. The Labute approximate surface area is 77.5 Å². The van der Waals surface area contributed by atoms with Gasteiger partial charge in [0.1, 0.15) is 0 Å². The van der Waals surface area contributed by atoms with Crippen molar-refractivity contribution in [1.82, 2.24) is 0 Å². The molecular formula is C8H6F2O4. The second-order valence-corrected chi connectivity index (χ2v) is 2.32. The van der Waals surface area contributed by atoms with Crippen LogP contribution in [0, 0.1) is 0 Å². The molecule has 0 saturated heterocycles. The fourth-order valence-corrected chi connectivity index (χ4v) is 0.788. The number of halogens is 2. The number of hydrogen-bond acceptors (Lipinski definition) is 4. The van der Waals surface area contributed by atoms with Crippen molar-refractivity contribution in [3.05, 3.63) is 23.7 Å². The first-order valence-corrected chi connectivity index (χ1v) is 3.56. The molecule has 1 aromatic heterocycles. The maximum absolute atomic E-state index is 11.9. The molecule has 0 fully saturated rings. The van der Waals surface area contributed by atoms with Gasteiger partial charge in [-0.2, -0.15) is 0 Å². The van der Waals surface area contributed by atoms with Crippen molar-refractivity contribution in [3.8, 4) is 0 Å². The molecule has 14 heavy (non-hydrogen) atoms. The Balaban J connectivity index is 2.88. The quantitative estimate of drug-likeness (QED) is 0.553. The van der Waals surface area contributed by atoms with Gasteiger partial charge in [-0.25, -0.2) is 13.6 Å². The monoisotopic (exact) mass is 204 g/mol. The molecule has 0 spiro atoms. The Kier molecular flexibility index (Phi) is 2.95. The molecule has 1 aromatic rings. The fourth-order valence-electron chi connectivity index (χ4n) is 0.788. The zero-order valence-electron chi connectivity index (χ0n) is 7.12. The summed E-state index contributed by atoms with van der Waals surface area (Å²) in [5, 5.41) is 0. The molecule has 0 atom stereocenters. The number of Topliss-reactive ketones (excluding diaryl/α,β-unsaturated/α-hetero) is 1. The third-order valence-corrected chi connectivity index (χ3v) is 1.43. The van der Waals surface area contributed by atoms with Gasteiger partial charge < -0.3 is 9.15 Å². The fraction of sp³-hybridized carbons (Fsp3) is 0.250. The SMILES string of the molecule is COC(=O)c1ccc(C(=O)C(F)F)o1. The average molecular weight is 204 g/mol. The van der Waals surface area contributed by atoms with Crippen molar-refractivity contribution in [2.75, 3.05) is 7.11 Å². The highest BCUT2D eigenvalue weighted by Crippen LogP contribution is 2.12. The smallest absolute Gasteiger partial charge is 0.373 e. The maximum Gasteiger partial charge on any atom is 0.373 e. The minimum absolute atomic E-state index is 0.281. The summed E-state index contributed by atoms with van der Waals surface area (Å²) in [6, 6.07) is 2.10. The Bertz CT molecular complexity index is 356. The number of ketones is 1. The van der Waals surface area contributed by atoms with Crippen molar-refractivity contribution in [2.24, 2.45) is 0 Å². The summed E-state index contributed by atoms with van der Waals surface area (Å²) in [6.45, 7) is 0. The number of ether oxygens (including phenoxy) is 1. The van der Waals surface area contributed by atoms with E-state index in [2.05, 4.69) is 9.15 Å². The molecule has 0 aliphatic carbocycles. The summed E-state index contributed by atoms with van der Waals surface area (Å²) in [5.74, 6) is -3.12. The predicted molar refractivity (Wildman–Crippen MR) is 40.4 cm³/mol. The maximum atomic E-state index is 11.9. The first kappa shape index (κ1) is 10.4. The van der Waals surface area contributed by atoms with Crippen LogP contribution in [-0.4, -0.2) is 25.3 Å². The van der Waals surface area contributed by atoms with E-state index in [4.69, 9.17) is 0 Å². The second kappa shape index (κ2) is 3.99. The lowest BCUT2D eigenvalue weighted by Crippen LogP contribution is -2.09. The summed E-state index contributed by atoms with van der Waals surface area (Å²) < 4.78 is 32.6. The summed E-state index contributed by atoms with van der Waals surface area (Å²) in [6.07, 6.45) is -3.15. The van der Waals surface area contributed by atoms with Gasteiger partial charge in [0, 0.05) is 0 Å². The number of alkyl halides is 2. The lowest BCUT2D eigenvalue weighted by atomic mass is 10.3. The molecule has 0 radical (unpaired) electrons. The van der Waals surface area contributed by atoms with Crippen LogP contribution in [-0.2, 0) is 4.74 Å². The second-order valence-electron chi connectivity index (χ2n) is 2.32. The molecule has 1 rings (SSSR count). The van der Waals surface area contributed by atoms with E-state index in [0.29, 0.717) is 0 Å². The van der Waals surface area contributed by atoms with Crippen LogP contribution < -0.4 is 0 Å². The van der Waals surface area contributed by atoms with Crippen molar-refractivity contribution in [2.45, 2.75) is 6.43 Å². The molecule has 0 saturated carbocycles. The summed E-state index contributed by atoms with van der Waals surface area (Å²) in [4.78, 5) is 21.5.